The molecule has 0 aliphatic carbocycles. The van der Waals surface area contributed by atoms with Gasteiger partial charge in [0.1, 0.15) is 18.1 Å². The first kappa shape index (κ1) is 45.3. The fraction of sp³-hybridized carbons (Fsp3) is 0.694. The maximum Gasteiger partial charge on any atom is 0.315 e. The number of nitrogens with two attached hydrogens (primary N) is 1. The minimum Gasteiger partial charge on any atom is -0.366 e. The number of alkyl halides is 2. The number of hydrogen-bond donors (Lipinski definition) is 5. The number of sulfonamides is 1. The Morgan fingerprint density at radius 2 is 1.55 bits per heavy atom. The summed E-state index contributed by atoms with van der Waals surface area (Å²) < 4.78 is 52.7. The fourth-order valence-electron chi connectivity index (χ4n) is 5.88. The lowest BCUT2D eigenvalue weighted by molar-refractivity contribution is -0.142. The van der Waals surface area contributed by atoms with Gasteiger partial charge in [0.05, 0.1) is 6.26 Å². The molecule has 0 radical (unpaired) electrons. The fourth-order valence-corrected chi connectivity index (χ4v) is 6.30. The molecule has 2 rings (SSSR count). The van der Waals surface area contributed by atoms with Crippen molar-refractivity contribution in [3.8, 4) is 0 Å². The first-order valence-electron chi connectivity index (χ1n) is 17.8. The predicted octanol–water partition coefficient (Wildman–Crippen LogP) is 2.48. The van der Waals surface area contributed by atoms with E-state index in [4.69, 9.17) is 5.73 Å². The molecule has 17 heteroatoms. The van der Waals surface area contributed by atoms with Gasteiger partial charge in [0, 0.05) is 44.7 Å². The molecule has 53 heavy (non-hydrogen) atoms. The van der Waals surface area contributed by atoms with E-state index in [0.29, 0.717) is 12.0 Å². The van der Waals surface area contributed by atoms with Crippen LogP contribution in [0.15, 0.2) is 24.3 Å². The number of nitrogens with zero attached hydrogens (tertiary/aromatic N) is 2. The van der Waals surface area contributed by atoms with Crippen LogP contribution in [0.2, 0.25) is 0 Å². The number of hydrogen-bond acceptors (Lipinski definition) is 7. The predicted molar refractivity (Wildman–Crippen MR) is 198 cm³/mol. The molecule has 0 aromatic heterocycles. The highest BCUT2D eigenvalue weighted by atomic mass is 32.2. The summed E-state index contributed by atoms with van der Waals surface area (Å²) in [5, 5.41) is 10.6. The van der Waals surface area contributed by atoms with Crippen molar-refractivity contribution in [2.24, 2.45) is 28.4 Å². The van der Waals surface area contributed by atoms with Crippen molar-refractivity contribution in [3.63, 3.8) is 0 Å². The molecule has 5 atom stereocenters. The topological polar surface area (TPSA) is 200 Å². The van der Waals surface area contributed by atoms with Crippen LogP contribution in [-0.4, -0.2) is 111 Å². The summed E-state index contributed by atoms with van der Waals surface area (Å²) in [6.07, 6.45) is -2.27. The SMILES string of the molecule is CC(C)C1C[C@@H](C(=O)N[C@@H](CC(F)F)C(=O)NCCc2ccc(C(N)=O)cc2)N(C(=O)C(NC(=O)N[C@H](CN(C)S(C)(=O)=O)C(C)(C)C)C(C)(C)C)C1. The molecule has 0 bridgehead atoms. The first-order valence-corrected chi connectivity index (χ1v) is 19.6. The van der Waals surface area contributed by atoms with Gasteiger partial charge in [0.25, 0.3) is 0 Å². The lowest BCUT2D eigenvalue weighted by Crippen LogP contribution is -2.62. The van der Waals surface area contributed by atoms with E-state index in [0.717, 1.165) is 16.1 Å². The summed E-state index contributed by atoms with van der Waals surface area (Å²) >= 11 is 0. The summed E-state index contributed by atoms with van der Waals surface area (Å²) in [6, 6.07) is 1.20. The number of amides is 6. The highest BCUT2D eigenvalue weighted by Crippen LogP contribution is 2.32. The zero-order valence-electron chi connectivity index (χ0n) is 32.6. The maximum atomic E-state index is 14.3. The van der Waals surface area contributed by atoms with Crippen molar-refractivity contribution in [1.82, 2.24) is 30.5 Å². The normalized spacial score (nSPS) is 18.4. The van der Waals surface area contributed by atoms with Gasteiger partial charge in [-0.3, -0.25) is 19.2 Å². The van der Waals surface area contributed by atoms with Crippen molar-refractivity contribution in [1.29, 1.82) is 0 Å². The van der Waals surface area contributed by atoms with Crippen molar-refractivity contribution < 1.29 is 41.2 Å². The van der Waals surface area contributed by atoms with Gasteiger partial charge in [-0.1, -0.05) is 67.5 Å². The Balaban J connectivity index is 2.27. The highest BCUT2D eigenvalue weighted by molar-refractivity contribution is 7.88. The van der Waals surface area contributed by atoms with Crippen LogP contribution in [0, 0.1) is 22.7 Å². The molecule has 1 heterocycles. The summed E-state index contributed by atoms with van der Waals surface area (Å²) in [6.45, 7) is 14.8. The molecular weight excluding hydrogens is 713 g/mol. The highest BCUT2D eigenvalue weighted by Gasteiger charge is 2.46. The number of urea groups is 1. The lowest BCUT2D eigenvalue weighted by Gasteiger charge is -2.37. The molecule has 0 saturated carbocycles. The molecule has 14 nitrogen and oxygen atoms in total. The van der Waals surface area contributed by atoms with Crippen LogP contribution in [0.3, 0.4) is 0 Å². The molecule has 1 aliphatic rings. The van der Waals surface area contributed by atoms with Gasteiger partial charge in [0.15, 0.2) is 0 Å². The zero-order chi connectivity index (χ0) is 40.6. The Morgan fingerprint density at radius 3 is 2.02 bits per heavy atom. The van der Waals surface area contributed by atoms with Crippen LogP contribution in [0.25, 0.3) is 0 Å². The summed E-state index contributed by atoms with van der Waals surface area (Å²) in [7, 11) is -2.14. The van der Waals surface area contributed by atoms with E-state index in [1.807, 2.05) is 34.6 Å². The number of carbonyl (C=O) groups is 5. The molecule has 1 saturated heterocycles. The minimum atomic E-state index is -3.55. The lowest BCUT2D eigenvalue weighted by atomic mass is 9.85. The van der Waals surface area contributed by atoms with E-state index < -0.39 is 87.5 Å². The third-order valence-corrected chi connectivity index (χ3v) is 10.9. The van der Waals surface area contributed by atoms with Crippen LogP contribution in [0.1, 0.15) is 84.2 Å². The second-order valence-electron chi connectivity index (χ2n) is 16.4. The Bertz CT molecular complexity index is 1560. The zero-order valence-corrected chi connectivity index (χ0v) is 33.4. The van der Waals surface area contributed by atoms with Gasteiger partial charge >= 0.3 is 6.03 Å². The van der Waals surface area contributed by atoms with Gasteiger partial charge in [-0.15, -0.1) is 0 Å². The van der Waals surface area contributed by atoms with E-state index in [2.05, 4.69) is 21.3 Å². The smallest absolute Gasteiger partial charge is 0.315 e. The Kier molecular flexibility index (Phi) is 15.8. The quantitative estimate of drug-likeness (QED) is 0.170. The van der Waals surface area contributed by atoms with E-state index >= 15 is 0 Å². The molecule has 0 spiro atoms. The van der Waals surface area contributed by atoms with E-state index in [-0.39, 0.29) is 37.9 Å². The standard InChI is InChI=1S/C36H59F2N7O7S/c1-21(2)24-17-26(32(48)41-25(18-28(37)38)31(47)40-16-15-22-11-13-23(14-12-22)30(39)46)45(19-24)33(49)29(36(6,7)8)43-34(50)42-27(35(3,4)5)20-44(9)53(10,51)52/h11-14,21,24-29H,15-20H2,1-10H3,(H2,39,46)(H,40,47)(H,41,48)(H2,42,43,50)/t24?,25-,26-,27+,29?/m0/s1. The van der Waals surface area contributed by atoms with Gasteiger partial charge in [-0.2, -0.15) is 0 Å². The monoisotopic (exact) mass is 771 g/mol. The van der Waals surface area contributed by atoms with Crippen molar-refractivity contribution >= 4 is 39.7 Å². The first-order chi connectivity index (χ1) is 24.2. The van der Waals surface area contributed by atoms with Gasteiger partial charge in [-0.05, 0) is 53.2 Å². The Hall–Kier alpha value is -3.86. The van der Waals surface area contributed by atoms with Crippen LogP contribution >= 0.6 is 0 Å². The Labute approximate surface area is 312 Å². The van der Waals surface area contributed by atoms with E-state index in [1.54, 1.807) is 32.9 Å². The van der Waals surface area contributed by atoms with Crippen molar-refractivity contribution in [2.75, 3.05) is 32.9 Å². The minimum absolute atomic E-state index is 0.0221. The van der Waals surface area contributed by atoms with Gasteiger partial charge in [0.2, 0.25) is 40.1 Å². The van der Waals surface area contributed by atoms with Gasteiger partial charge < -0.3 is 31.9 Å². The maximum absolute atomic E-state index is 14.3. The largest absolute Gasteiger partial charge is 0.366 e. The molecule has 300 valence electrons. The molecular formula is C36H59F2N7O7S. The van der Waals surface area contributed by atoms with E-state index in [1.165, 1.54) is 24.1 Å². The number of primary amides is 1. The average Bonchev–Trinajstić information content (AvgIpc) is 3.47. The molecule has 6 amide bonds. The van der Waals surface area contributed by atoms with E-state index in [9.17, 15) is 41.2 Å². The third-order valence-electron chi connectivity index (χ3n) is 9.61. The summed E-state index contributed by atoms with van der Waals surface area (Å²) in [5.74, 6) is -2.82. The van der Waals surface area contributed by atoms with Crippen molar-refractivity contribution in [3.05, 3.63) is 35.4 Å². The number of likely N-dealkylation sites (tertiary alicyclic amines) is 1. The second kappa shape index (κ2) is 18.5. The third kappa shape index (κ3) is 13.8. The number of halogens is 2. The second-order valence-corrected chi connectivity index (χ2v) is 18.5. The Morgan fingerprint density at radius 1 is 0.962 bits per heavy atom. The van der Waals surface area contributed by atoms with Crippen LogP contribution < -0.4 is 27.0 Å². The average molecular weight is 772 g/mol. The van der Waals surface area contributed by atoms with Crippen LogP contribution in [0.4, 0.5) is 13.6 Å². The molecule has 1 fully saturated rings. The molecule has 1 aromatic rings. The number of rotatable bonds is 16. The van der Waals surface area contributed by atoms with Crippen molar-refractivity contribution in [2.45, 2.75) is 105 Å². The number of likely N-dealkylation sites (N-methyl/N-ethyl adjacent to an activating group) is 1. The summed E-state index contributed by atoms with van der Waals surface area (Å²) in [5.41, 5.74) is 4.91. The number of nitrogens with one attached hydrogen (secondary N) is 4. The van der Waals surface area contributed by atoms with Crippen LogP contribution in [0.5, 0.6) is 0 Å². The number of benzene rings is 1. The number of carbonyl (C=O) groups excluding carboxylic acids is 5. The summed E-state index contributed by atoms with van der Waals surface area (Å²) in [4.78, 5) is 67.4. The van der Waals surface area contributed by atoms with Crippen LogP contribution in [-0.2, 0) is 30.8 Å². The van der Waals surface area contributed by atoms with Gasteiger partial charge in [-0.25, -0.2) is 26.3 Å². The molecule has 2 unspecified atom stereocenters. The molecule has 1 aliphatic heterocycles. The molecule has 6 N–H and O–H groups in total. The molecule has 1 aromatic carbocycles.